The van der Waals surface area contributed by atoms with Gasteiger partial charge < -0.3 is 19.1 Å². The molecule has 1 N–H and O–H groups in total. The summed E-state index contributed by atoms with van der Waals surface area (Å²) in [6.07, 6.45) is 1.05. The molecule has 0 atom stereocenters. The van der Waals surface area contributed by atoms with Crippen molar-refractivity contribution in [1.82, 2.24) is 14.5 Å². The maximum atomic E-state index is 12.6. The van der Waals surface area contributed by atoms with Crippen LogP contribution in [0.2, 0.25) is 0 Å². The number of hydrogen-bond donors (Lipinski definition) is 1. The molecule has 3 rings (SSSR count). The Labute approximate surface area is 201 Å². The van der Waals surface area contributed by atoms with Gasteiger partial charge in [-0.2, -0.15) is 0 Å². The van der Waals surface area contributed by atoms with Crippen LogP contribution in [0.25, 0.3) is 0 Å². The van der Waals surface area contributed by atoms with E-state index in [1.54, 1.807) is 12.0 Å². The second-order valence-electron chi connectivity index (χ2n) is 7.99. The van der Waals surface area contributed by atoms with Crippen LogP contribution < -0.4 is 18.9 Å². The third-order valence-corrected chi connectivity index (χ3v) is 7.36. The van der Waals surface area contributed by atoms with Crippen molar-refractivity contribution >= 4 is 15.9 Å². The summed E-state index contributed by atoms with van der Waals surface area (Å²) in [4.78, 5) is 16.8. The molecule has 34 heavy (non-hydrogen) atoms. The molecule has 2 aromatic rings. The molecule has 1 fully saturated rings. The van der Waals surface area contributed by atoms with Crippen LogP contribution >= 0.6 is 0 Å². The topological polar surface area (TPSA) is 97.4 Å². The van der Waals surface area contributed by atoms with Gasteiger partial charge in [0.1, 0.15) is 5.75 Å². The summed E-state index contributed by atoms with van der Waals surface area (Å²) in [7, 11) is 0.819. The van der Waals surface area contributed by atoms with Gasteiger partial charge in [-0.1, -0.05) is 12.1 Å². The molecule has 9 nitrogen and oxygen atoms in total. The molecular weight excluding hydrogens is 458 g/mol. The lowest BCUT2D eigenvalue weighted by Crippen LogP contribution is -2.49. The third kappa shape index (κ3) is 6.85. The maximum absolute atomic E-state index is 12.6. The van der Waals surface area contributed by atoms with E-state index in [-0.39, 0.29) is 23.8 Å². The summed E-state index contributed by atoms with van der Waals surface area (Å²) < 4.78 is 43.2. The van der Waals surface area contributed by atoms with E-state index in [0.29, 0.717) is 24.6 Å². The molecule has 0 aromatic heterocycles. The first-order valence-corrected chi connectivity index (χ1v) is 12.7. The van der Waals surface area contributed by atoms with Crippen molar-refractivity contribution in [2.75, 3.05) is 60.6 Å². The number of piperazine rings is 1. The van der Waals surface area contributed by atoms with E-state index in [1.165, 1.54) is 38.0 Å². The molecule has 0 saturated carbocycles. The Bertz CT molecular complexity index is 1050. The molecule has 1 heterocycles. The number of carbonyl (C=O) groups excluding carboxylic acids is 1. The van der Waals surface area contributed by atoms with Crippen molar-refractivity contribution in [2.24, 2.45) is 0 Å². The van der Waals surface area contributed by atoms with E-state index in [4.69, 9.17) is 14.2 Å². The normalized spacial score (nSPS) is 14.6. The number of methoxy groups -OCH3 is 3. The SMILES string of the molecule is COc1ccc(CCN2CCN(C(=O)CCNS(=O)(=O)c3ccc(OC)c(OC)c3)CC2)cc1. The number of nitrogens with one attached hydrogen (secondary N) is 1. The first-order chi connectivity index (χ1) is 16.4. The molecule has 0 aliphatic carbocycles. The summed E-state index contributed by atoms with van der Waals surface area (Å²) in [5.41, 5.74) is 1.25. The summed E-state index contributed by atoms with van der Waals surface area (Å²) in [5.74, 6) is 1.57. The molecule has 1 aliphatic rings. The van der Waals surface area contributed by atoms with Crippen molar-refractivity contribution in [3.05, 3.63) is 48.0 Å². The molecule has 0 unspecified atom stereocenters. The van der Waals surface area contributed by atoms with Gasteiger partial charge in [0, 0.05) is 51.8 Å². The predicted octanol–water partition coefficient (Wildman–Crippen LogP) is 1.77. The van der Waals surface area contributed by atoms with E-state index < -0.39 is 10.0 Å². The fourth-order valence-electron chi connectivity index (χ4n) is 3.82. The van der Waals surface area contributed by atoms with Crippen LogP contribution in [0, 0.1) is 0 Å². The van der Waals surface area contributed by atoms with Crippen LogP contribution in [0.4, 0.5) is 0 Å². The first kappa shape index (κ1) is 25.8. The highest BCUT2D eigenvalue weighted by Gasteiger charge is 2.22. The molecular formula is C24H33N3O6S. The Kier molecular flexibility index (Phi) is 9.14. The van der Waals surface area contributed by atoms with E-state index in [0.717, 1.165) is 31.8 Å². The van der Waals surface area contributed by atoms with E-state index >= 15 is 0 Å². The molecule has 10 heteroatoms. The van der Waals surface area contributed by atoms with Gasteiger partial charge in [0.2, 0.25) is 15.9 Å². The zero-order valence-corrected chi connectivity index (χ0v) is 20.8. The van der Waals surface area contributed by atoms with E-state index in [9.17, 15) is 13.2 Å². The van der Waals surface area contributed by atoms with Crippen LogP contribution in [0.5, 0.6) is 17.2 Å². The fourth-order valence-corrected chi connectivity index (χ4v) is 4.86. The fraction of sp³-hybridized carbons (Fsp3) is 0.458. The van der Waals surface area contributed by atoms with Crippen LogP contribution in [-0.2, 0) is 21.2 Å². The molecule has 1 amide bonds. The Morgan fingerprint density at radius 3 is 2.21 bits per heavy atom. The largest absolute Gasteiger partial charge is 0.497 e. The molecule has 0 spiro atoms. The maximum Gasteiger partial charge on any atom is 0.240 e. The molecule has 1 saturated heterocycles. The van der Waals surface area contributed by atoms with Crippen molar-refractivity contribution in [1.29, 1.82) is 0 Å². The number of hydrogen-bond acceptors (Lipinski definition) is 7. The van der Waals surface area contributed by atoms with Gasteiger partial charge in [0.25, 0.3) is 0 Å². The molecule has 0 radical (unpaired) electrons. The summed E-state index contributed by atoms with van der Waals surface area (Å²) >= 11 is 0. The van der Waals surface area contributed by atoms with Crippen LogP contribution in [-0.4, -0.2) is 84.7 Å². The number of benzene rings is 2. The minimum absolute atomic E-state index is 0.0349. The zero-order chi connectivity index (χ0) is 24.6. The predicted molar refractivity (Wildman–Crippen MR) is 129 cm³/mol. The number of amides is 1. The monoisotopic (exact) mass is 491 g/mol. The number of nitrogens with zero attached hydrogens (tertiary/aromatic N) is 2. The lowest BCUT2D eigenvalue weighted by atomic mass is 10.1. The standard InChI is InChI=1S/C24H33N3O6S/c1-31-20-6-4-19(5-7-20)11-13-26-14-16-27(17-15-26)24(28)10-12-25-34(29,30)21-8-9-22(32-2)23(18-21)33-3/h4-9,18,25H,10-17H2,1-3H3. The first-order valence-electron chi connectivity index (χ1n) is 11.2. The Morgan fingerprint density at radius 1 is 0.912 bits per heavy atom. The minimum atomic E-state index is -3.76. The van der Waals surface area contributed by atoms with Gasteiger partial charge >= 0.3 is 0 Å². The molecule has 0 bridgehead atoms. The third-order valence-electron chi connectivity index (χ3n) is 5.90. The number of sulfonamides is 1. The lowest BCUT2D eigenvalue weighted by Gasteiger charge is -2.34. The lowest BCUT2D eigenvalue weighted by molar-refractivity contribution is -0.132. The number of rotatable bonds is 11. The van der Waals surface area contributed by atoms with Crippen LogP contribution in [0.15, 0.2) is 47.4 Å². The second-order valence-corrected chi connectivity index (χ2v) is 9.75. The number of carbonyl (C=O) groups is 1. The highest BCUT2D eigenvalue weighted by atomic mass is 32.2. The summed E-state index contributed by atoms with van der Waals surface area (Å²) in [6.45, 7) is 3.86. The van der Waals surface area contributed by atoms with Crippen molar-refractivity contribution in [3.63, 3.8) is 0 Å². The van der Waals surface area contributed by atoms with Crippen molar-refractivity contribution in [3.8, 4) is 17.2 Å². The minimum Gasteiger partial charge on any atom is -0.497 e. The second kappa shape index (κ2) is 12.0. The van der Waals surface area contributed by atoms with Crippen molar-refractivity contribution in [2.45, 2.75) is 17.7 Å². The summed E-state index contributed by atoms with van der Waals surface area (Å²) in [5, 5.41) is 0. The Hall–Kier alpha value is -2.82. The highest BCUT2D eigenvalue weighted by molar-refractivity contribution is 7.89. The Balaban J connectivity index is 1.41. The molecule has 186 valence electrons. The average molecular weight is 492 g/mol. The van der Waals surface area contributed by atoms with Gasteiger partial charge in [-0.3, -0.25) is 9.69 Å². The van der Waals surface area contributed by atoms with E-state index in [2.05, 4.69) is 21.8 Å². The van der Waals surface area contributed by atoms with Crippen molar-refractivity contribution < 1.29 is 27.4 Å². The molecule has 1 aliphatic heterocycles. The van der Waals surface area contributed by atoms with Gasteiger partial charge in [-0.25, -0.2) is 13.1 Å². The average Bonchev–Trinajstić information content (AvgIpc) is 2.87. The van der Waals surface area contributed by atoms with Gasteiger partial charge in [0.05, 0.1) is 26.2 Å². The van der Waals surface area contributed by atoms with Gasteiger partial charge in [0.15, 0.2) is 11.5 Å². The number of ether oxygens (including phenoxy) is 3. The zero-order valence-electron chi connectivity index (χ0n) is 20.0. The Morgan fingerprint density at radius 2 is 1.59 bits per heavy atom. The highest BCUT2D eigenvalue weighted by Crippen LogP contribution is 2.29. The van der Waals surface area contributed by atoms with Gasteiger partial charge in [-0.15, -0.1) is 0 Å². The smallest absolute Gasteiger partial charge is 0.240 e. The van der Waals surface area contributed by atoms with Crippen LogP contribution in [0.1, 0.15) is 12.0 Å². The molecule has 2 aromatic carbocycles. The quantitative estimate of drug-likeness (QED) is 0.512. The van der Waals surface area contributed by atoms with Crippen LogP contribution in [0.3, 0.4) is 0 Å². The van der Waals surface area contributed by atoms with Gasteiger partial charge in [-0.05, 0) is 36.2 Å². The summed E-state index contributed by atoms with van der Waals surface area (Å²) in [6, 6.07) is 12.4. The van der Waals surface area contributed by atoms with E-state index in [1.807, 2.05) is 12.1 Å².